The normalized spacial score (nSPS) is 10.5. The fraction of sp³-hybridized carbons (Fsp3) is 0.250. The second-order valence-electron chi connectivity index (χ2n) is 4.41. The first-order valence-corrected chi connectivity index (χ1v) is 6.15. The Morgan fingerprint density at radius 2 is 1.74 bits per heavy atom. The Balaban J connectivity index is 1.90. The molecule has 2 aromatic rings. The van der Waals surface area contributed by atoms with E-state index in [1.165, 1.54) is 12.1 Å². The Morgan fingerprint density at radius 1 is 1.00 bits per heavy atom. The van der Waals surface area contributed by atoms with E-state index in [-0.39, 0.29) is 5.82 Å². The van der Waals surface area contributed by atoms with Crippen LogP contribution in [-0.4, -0.2) is 7.11 Å². The zero-order valence-corrected chi connectivity index (χ0v) is 11.2. The van der Waals surface area contributed by atoms with Crippen molar-refractivity contribution in [2.45, 2.75) is 20.1 Å². The molecule has 0 aliphatic rings. The molecule has 19 heavy (non-hydrogen) atoms. The summed E-state index contributed by atoms with van der Waals surface area (Å²) in [6.45, 7) is 2.86. The van der Waals surface area contributed by atoms with Gasteiger partial charge in [-0.05, 0) is 47.9 Å². The predicted octanol–water partition coefficient (Wildman–Crippen LogP) is 3.86. The molecule has 0 bridgehead atoms. The molecule has 3 heteroatoms. The van der Waals surface area contributed by atoms with Gasteiger partial charge in [-0.15, -0.1) is 0 Å². The van der Waals surface area contributed by atoms with Crippen molar-refractivity contribution in [3.8, 4) is 5.75 Å². The number of ether oxygens (including phenoxy) is 2. The molecule has 0 heterocycles. The van der Waals surface area contributed by atoms with Gasteiger partial charge in [-0.3, -0.25) is 0 Å². The van der Waals surface area contributed by atoms with Gasteiger partial charge in [-0.1, -0.05) is 18.2 Å². The van der Waals surface area contributed by atoms with Crippen molar-refractivity contribution in [1.29, 1.82) is 0 Å². The van der Waals surface area contributed by atoms with Crippen molar-refractivity contribution in [3.63, 3.8) is 0 Å². The molecule has 0 aliphatic heterocycles. The molecular formula is C16H17FO2. The average Bonchev–Trinajstić information content (AvgIpc) is 2.43. The fourth-order valence-corrected chi connectivity index (χ4v) is 1.80. The largest absolute Gasteiger partial charge is 0.497 e. The van der Waals surface area contributed by atoms with Crippen LogP contribution in [0.5, 0.6) is 5.75 Å². The van der Waals surface area contributed by atoms with Gasteiger partial charge in [0, 0.05) is 0 Å². The van der Waals surface area contributed by atoms with Crippen LogP contribution in [0.4, 0.5) is 4.39 Å². The topological polar surface area (TPSA) is 18.5 Å². The maximum absolute atomic E-state index is 13.1. The molecule has 0 atom stereocenters. The Hall–Kier alpha value is -1.87. The SMILES string of the molecule is COc1ccc(COCc2cc(F)ccc2C)cc1. The average molecular weight is 260 g/mol. The van der Waals surface area contributed by atoms with Crippen LogP contribution in [0.15, 0.2) is 42.5 Å². The van der Waals surface area contributed by atoms with Crippen molar-refractivity contribution in [2.24, 2.45) is 0 Å². The lowest BCUT2D eigenvalue weighted by atomic mass is 10.1. The first kappa shape index (κ1) is 13.6. The smallest absolute Gasteiger partial charge is 0.123 e. The molecule has 0 radical (unpaired) electrons. The summed E-state index contributed by atoms with van der Waals surface area (Å²) in [4.78, 5) is 0. The molecule has 2 aromatic carbocycles. The van der Waals surface area contributed by atoms with E-state index in [0.29, 0.717) is 13.2 Å². The van der Waals surface area contributed by atoms with Gasteiger partial charge in [0.1, 0.15) is 11.6 Å². The number of hydrogen-bond acceptors (Lipinski definition) is 2. The number of hydrogen-bond donors (Lipinski definition) is 0. The van der Waals surface area contributed by atoms with Gasteiger partial charge in [0.2, 0.25) is 0 Å². The Morgan fingerprint density at radius 3 is 2.42 bits per heavy atom. The Bertz CT molecular complexity index is 535. The molecule has 0 saturated heterocycles. The van der Waals surface area contributed by atoms with Crippen LogP contribution in [-0.2, 0) is 18.0 Å². The number of rotatable bonds is 5. The highest BCUT2D eigenvalue weighted by Gasteiger charge is 2.01. The minimum absolute atomic E-state index is 0.228. The number of halogens is 1. The lowest BCUT2D eigenvalue weighted by Crippen LogP contribution is -1.97. The zero-order chi connectivity index (χ0) is 13.7. The van der Waals surface area contributed by atoms with Gasteiger partial charge in [0.15, 0.2) is 0 Å². The standard InChI is InChI=1S/C16H17FO2/c1-12-3-6-15(17)9-14(12)11-19-10-13-4-7-16(18-2)8-5-13/h3-9H,10-11H2,1-2H3. The van der Waals surface area contributed by atoms with E-state index in [0.717, 1.165) is 22.4 Å². The summed E-state index contributed by atoms with van der Waals surface area (Å²) in [5.41, 5.74) is 2.99. The molecule has 0 aromatic heterocycles. The number of methoxy groups -OCH3 is 1. The highest BCUT2D eigenvalue weighted by atomic mass is 19.1. The summed E-state index contributed by atoms with van der Waals surface area (Å²) in [5.74, 6) is 0.596. The predicted molar refractivity (Wildman–Crippen MR) is 72.6 cm³/mol. The van der Waals surface area contributed by atoms with Crippen LogP contribution in [0.1, 0.15) is 16.7 Å². The first-order chi connectivity index (χ1) is 9.19. The maximum Gasteiger partial charge on any atom is 0.123 e. The third kappa shape index (κ3) is 3.80. The lowest BCUT2D eigenvalue weighted by molar-refractivity contribution is 0.106. The second-order valence-corrected chi connectivity index (χ2v) is 4.41. The number of benzene rings is 2. The minimum Gasteiger partial charge on any atom is -0.497 e. The van der Waals surface area contributed by atoms with Crippen molar-refractivity contribution in [1.82, 2.24) is 0 Å². The van der Waals surface area contributed by atoms with E-state index in [2.05, 4.69) is 0 Å². The maximum atomic E-state index is 13.1. The molecule has 0 unspecified atom stereocenters. The van der Waals surface area contributed by atoms with Crippen LogP contribution < -0.4 is 4.74 Å². The van der Waals surface area contributed by atoms with Crippen LogP contribution in [0.2, 0.25) is 0 Å². The van der Waals surface area contributed by atoms with E-state index in [9.17, 15) is 4.39 Å². The molecule has 2 rings (SSSR count). The third-order valence-corrected chi connectivity index (χ3v) is 3.00. The van der Waals surface area contributed by atoms with Gasteiger partial charge in [0.25, 0.3) is 0 Å². The highest BCUT2D eigenvalue weighted by Crippen LogP contribution is 2.14. The molecule has 0 N–H and O–H groups in total. The molecule has 100 valence electrons. The van der Waals surface area contributed by atoms with E-state index in [1.807, 2.05) is 31.2 Å². The van der Waals surface area contributed by atoms with E-state index in [1.54, 1.807) is 13.2 Å². The second kappa shape index (κ2) is 6.34. The van der Waals surface area contributed by atoms with Crippen LogP contribution >= 0.6 is 0 Å². The monoisotopic (exact) mass is 260 g/mol. The summed E-state index contributed by atoms with van der Waals surface area (Å²) in [6.07, 6.45) is 0. The van der Waals surface area contributed by atoms with Gasteiger partial charge in [-0.2, -0.15) is 0 Å². The molecule has 0 fully saturated rings. The molecule has 2 nitrogen and oxygen atoms in total. The van der Waals surface area contributed by atoms with Crippen molar-refractivity contribution >= 4 is 0 Å². The van der Waals surface area contributed by atoms with Crippen LogP contribution in [0.3, 0.4) is 0 Å². The Kier molecular flexibility index (Phi) is 4.53. The minimum atomic E-state index is -0.228. The van der Waals surface area contributed by atoms with Gasteiger partial charge in [-0.25, -0.2) is 4.39 Å². The fourth-order valence-electron chi connectivity index (χ4n) is 1.80. The number of aryl methyl sites for hydroxylation is 1. The molecular weight excluding hydrogens is 243 g/mol. The summed E-state index contributed by atoms with van der Waals surface area (Å²) in [7, 11) is 1.64. The highest BCUT2D eigenvalue weighted by molar-refractivity contribution is 5.27. The molecule has 0 amide bonds. The van der Waals surface area contributed by atoms with E-state index >= 15 is 0 Å². The van der Waals surface area contributed by atoms with Crippen molar-refractivity contribution < 1.29 is 13.9 Å². The Labute approximate surface area is 112 Å². The lowest BCUT2D eigenvalue weighted by Gasteiger charge is -2.08. The van der Waals surface area contributed by atoms with Crippen molar-refractivity contribution in [2.75, 3.05) is 7.11 Å². The van der Waals surface area contributed by atoms with Crippen LogP contribution in [0, 0.1) is 12.7 Å². The van der Waals surface area contributed by atoms with Gasteiger partial charge in [0.05, 0.1) is 20.3 Å². The molecule has 0 aliphatic carbocycles. The van der Waals surface area contributed by atoms with Gasteiger partial charge < -0.3 is 9.47 Å². The summed E-state index contributed by atoms with van der Waals surface area (Å²) >= 11 is 0. The molecule has 0 spiro atoms. The summed E-state index contributed by atoms with van der Waals surface area (Å²) < 4.78 is 23.8. The van der Waals surface area contributed by atoms with E-state index in [4.69, 9.17) is 9.47 Å². The van der Waals surface area contributed by atoms with Gasteiger partial charge >= 0.3 is 0 Å². The quantitative estimate of drug-likeness (QED) is 0.812. The third-order valence-electron chi connectivity index (χ3n) is 3.00. The summed E-state index contributed by atoms with van der Waals surface area (Å²) in [6, 6.07) is 12.4. The molecule has 0 saturated carbocycles. The summed E-state index contributed by atoms with van der Waals surface area (Å²) in [5, 5.41) is 0. The zero-order valence-electron chi connectivity index (χ0n) is 11.2. The van der Waals surface area contributed by atoms with Crippen molar-refractivity contribution in [3.05, 3.63) is 65.0 Å². The van der Waals surface area contributed by atoms with E-state index < -0.39 is 0 Å². The van der Waals surface area contributed by atoms with Crippen LogP contribution in [0.25, 0.3) is 0 Å². The first-order valence-electron chi connectivity index (χ1n) is 6.15.